The Kier molecular flexibility index (Phi) is 9.97. The lowest BCUT2D eigenvalue weighted by Crippen LogP contribution is -2.59. The molecule has 0 radical (unpaired) electrons. The van der Waals surface area contributed by atoms with Crippen molar-refractivity contribution in [3.8, 4) is 0 Å². The van der Waals surface area contributed by atoms with Gasteiger partial charge in [0.25, 0.3) is 0 Å². The van der Waals surface area contributed by atoms with Crippen molar-refractivity contribution in [3.63, 3.8) is 0 Å². The molecule has 4 rings (SSSR count). The highest BCUT2D eigenvalue weighted by atomic mass is 19.4. The van der Waals surface area contributed by atoms with Crippen LogP contribution in [0.1, 0.15) is 83.5 Å². The summed E-state index contributed by atoms with van der Waals surface area (Å²) in [6.45, 7) is 3.76. The maximum absolute atomic E-state index is 13.8. The number of carbonyl (C=O) groups excluding carboxylic acids is 1. The molecule has 0 aromatic heterocycles. The minimum absolute atomic E-state index is 0.0123. The molecule has 0 spiro atoms. The van der Waals surface area contributed by atoms with Gasteiger partial charge in [-0.2, -0.15) is 26.3 Å². The highest BCUT2D eigenvalue weighted by Gasteiger charge is 2.51. The normalized spacial score (nSPS) is 30.4. The Balaban J connectivity index is 1.38. The molecule has 0 N–H and O–H groups in total. The van der Waals surface area contributed by atoms with Crippen molar-refractivity contribution in [2.24, 2.45) is 23.7 Å². The molecule has 10 heteroatoms. The van der Waals surface area contributed by atoms with Crippen LogP contribution in [0, 0.1) is 23.7 Å². The highest BCUT2D eigenvalue weighted by Crippen LogP contribution is 2.48. The third-order valence-electron chi connectivity index (χ3n) is 9.91. The van der Waals surface area contributed by atoms with Gasteiger partial charge in [-0.3, -0.25) is 14.6 Å². The summed E-state index contributed by atoms with van der Waals surface area (Å²) in [6, 6.07) is 0.406. The second kappa shape index (κ2) is 12.6. The molecule has 3 saturated carbocycles. The van der Waals surface area contributed by atoms with E-state index in [1.54, 1.807) is 11.9 Å². The Morgan fingerprint density at radius 2 is 1.32 bits per heavy atom. The van der Waals surface area contributed by atoms with Crippen molar-refractivity contribution in [2.45, 2.75) is 108 Å². The summed E-state index contributed by atoms with van der Waals surface area (Å²) in [5, 5.41) is 0. The Morgan fingerprint density at radius 3 is 1.84 bits per heavy atom. The third-order valence-corrected chi connectivity index (χ3v) is 9.91. The van der Waals surface area contributed by atoms with E-state index in [2.05, 4.69) is 9.80 Å². The number of alkyl halides is 6. The lowest BCUT2D eigenvalue weighted by molar-refractivity contribution is -0.229. The summed E-state index contributed by atoms with van der Waals surface area (Å²) in [5.74, 6) is -4.31. The molecule has 0 aromatic rings. The maximum Gasteiger partial charge on any atom is 0.391 e. The largest absolute Gasteiger partial charge is 0.391 e. The SMILES string of the molecule is CN(CCC1CC(C(F)(F)F)CC(C(F)(F)F)C1)C(=O)C(C1CCCCC1)N1CCN(C2CCCC2)CC1. The lowest BCUT2D eigenvalue weighted by Gasteiger charge is -2.45. The summed E-state index contributed by atoms with van der Waals surface area (Å²) in [5.41, 5.74) is 0. The van der Waals surface area contributed by atoms with Crippen molar-refractivity contribution in [2.75, 3.05) is 39.8 Å². The molecule has 3 atom stereocenters. The van der Waals surface area contributed by atoms with Crippen LogP contribution in [0.3, 0.4) is 0 Å². The van der Waals surface area contributed by atoms with E-state index < -0.39 is 36.5 Å². The number of hydrogen-bond donors (Lipinski definition) is 0. The number of carbonyl (C=O) groups is 1. The summed E-state index contributed by atoms with van der Waals surface area (Å²) in [7, 11) is 1.68. The first-order valence-corrected chi connectivity index (χ1v) is 14.8. The van der Waals surface area contributed by atoms with Crippen molar-refractivity contribution < 1.29 is 31.1 Å². The van der Waals surface area contributed by atoms with Gasteiger partial charge in [-0.05, 0) is 63.2 Å². The molecule has 220 valence electrons. The third kappa shape index (κ3) is 7.58. The number of hydrogen-bond acceptors (Lipinski definition) is 3. The molecule has 3 aliphatic carbocycles. The number of rotatable bonds is 7. The second-order valence-corrected chi connectivity index (χ2v) is 12.5. The zero-order valence-corrected chi connectivity index (χ0v) is 22.7. The van der Waals surface area contributed by atoms with E-state index >= 15 is 0 Å². The lowest BCUT2D eigenvalue weighted by atomic mass is 9.73. The van der Waals surface area contributed by atoms with Gasteiger partial charge in [0.2, 0.25) is 5.91 Å². The average Bonchev–Trinajstić information content (AvgIpc) is 3.42. The fourth-order valence-corrected chi connectivity index (χ4v) is 7.68. The van der Waals surface area contributed by atoms with Crippen LogP contribution < -0.4 is 0 Å². The van der Waals surface area contributed by atoms with Crippen molar-refractivity contribution >= 4 is 5.91 Å². The monoisotopic (exact) mass is 553 g/mol. The van der Waals surface area contributed by atoms with Gasteiger partial charge in [0.1, 0.15) is 0 Å². The highest BCUT2D eigenvalue weighted by molar-refractivity contribution is 5.82. The van der Waals surface area contributed by atoms with Crippen molar-refractivity contribution in [3.05, 3.63) is 0 Å². The Bertz CT molecular complexity index is 733. The summed E-state index contributed by atoms with van der Waals surface area (Å²) in [6.07, 6.45) is -0.104. The smallest absolute Gasteiger partial charge is 0.344 e. The number of piperazine rings is 1. The van der Waals surface area contributed by atoms with Gasteiger partial charge in [-0.1, -0.05) is 32.1 Å². The second-order valence-electron chi connectivity index (χ2n) is 12.5. The number of nitrogens with zero attached hydrogens (tertiary/aromatic N) is 3. The van der Waals surface area contributed by atoms with Crippen LogP contribution in [0.2, 0.25) is 0 Å². The number of amides is 1. The van der Waals surface area contributed by atoms with Gasteiger partial charge in [-0.25, -0.2) is 0 Å². The fraction of sp³-hybridized carbons (Fsp3) is 0.964. The first-order chi connectivity index (χ1) is 17.9. The first kappa shape index (κ1) is 29.9. The van der Waals surface area contributed by atoms with Crippen LogP contribution >= 0.6 is 0 Å². The minimum atomic E-state index is -4.63. The van der Waals surface area contributed by atoms with Gasteiger partial charge < -0.3 is 4.90 Å². The van der Waals surface area contributed by atoms with Crippen molar-refractivity contribution in [1.29, 1.82) is 0 Å². The molecule has 4 fully saturated rings. The number of halogens is 6. The van der Waals surface area contributed by atoms with Gasteiger partial charge in [-0.15, -0.1) is 0 Å². The van der Waals surface area contributed by atoms with Crippen LogP contribution in [0.5, 0.6) is 0 Å². The molecule has 1 aliphatic heterocycles. The Hall–Kier alpha value is -1.03. The van der Waals surface area contributed by atoms with E-state index in [1.807, 2.05) is 0 Å². The molecule has 38 heavy (non-hydrogen) atoms. The summed E-state index contributed by atoms with van der Waals surface area (Å²) < 4.78 is 80.4. The van der Waals surface area contributed by atoms with Gasteiger partial charge in [0.05, 0.1) is 17.9 Å². The standard InChI is InChI=1S/C28H45F6N3O/c1-35(12-11-20-17-22(27(29,30)31)19-23(18-20)28(32,33)34)26(38)25(21-7-3-2-4-8-21)37-15-13-36(14-16-37)24-9-5-6-10-24/h20-25H,2-19H2,1H3. The molecule has 1 saturated heterocycles. The first-order valence-electron chi connectivity index (χ1n) is 14.8. The van der Waals surface area contributed by atoms with Gasteiger partial charge >= 0.3 is 12.4 Å². The predicted molar refractivity (Wildman–Crippen MR) is 134 cm³/mol. The molecule has 0 aromatic carbocycles. The molecular formula is C28H45F6N3O. The minimum Gasteiger partial charge on any atom is -0.344 e. The van der Waals surface area contributed by atoms with Crippen LogP contribution in [-0.2, 0) is 4.79 Å². The van der Waals surface area contributed by atoms with Gasteiger partial charge in [0, 0.05) is 45.8 Å². The zero-order valence-electron chi connectivity index (χ0n) is 22.7. The molecular weight excluding hydrogens is 508 g/mol. The van der Waals surface area contributed by atoms with Crippen LogP contribution in [0.15, 0.2) is 0 Å². The van der Waals surface area contributed by atoms with E-state index in [9.17, 15) is 31.1 Å². The van der Waals surface area contributed by atoms with Gasteiger partial charge in [0.15, 0.2) is 0 Å². The average molecular weight is 554 g/mol. The van der Waals surface area contributed by atoms with E-state index in [-0.39, 0.29) is 43.7 Å². The molecule has 3 unspecified atom stereocenters. The summed E-state index contributed by atoms with van der Waals surface area (Å²) in [4.78, 5) is 20.3. The van der Waals surface area contributed by atoms with Crippen LogP contribution in [0.25, 0.3) is 0 Å². The van der Waals surface area contributed by atoms with E-state index in [1.165, 1.54) is 32.1 Å². The fourth-order valence-electron chi connectivity index (χ4n) is 7.68. The van der Waals surface area contributed by atoms with Crippen LogP contribution in [-0.4, -0.2) is 84.8 Å². The summed E-state index contributed by atoms with van der Waals surface area (Å²) >= 11 is 0. The number of likely N-dealkylation sites (N-methyl/N-ethyl adjacent to an activating group) is 1. The molecule has 1 heterocycles. The molecule has 4 nitrogen and oxygen atoms in total. The Labute approximate surface area is 223 Å². The topological polar surface area (TPSA) is 26.8 Å². The molecule has 1 amide bonds. The maximum atomic E-state index is 13.8. The molecule has 4 aliphatic rings. The van der Waals surface area contributed by atoms with E-state index in [0.29, 0.717) is 6.04 Å². The van der Waals surface area contributed by atoms with Crippen molar-refractivity contribution in [1.82, 2.24) is 14.7 Å². The van der Waals surface area contributed by atoms with E-state index in [0.717, 1.165) is 51.9 Å². The predicted octanol–water partition coefficient (Wildman–Crippen LogP) is 6.50. The van der Waals surface area contributed by atoms with E-state index in [4.69, 9.17) is 0 Å². The quantitative estimate of drug-likeness (QED) is 0.337. The molecule has 0 bridgehead atoms. The Morgan fingerprint density at radius 1 is 0.789 bits per heavy atom. The zero-order chi connectivity index (χ0) is 27.5. The van der Waals surface area contributed by atoms with Crippen LogP contribution in [0.4, 0.5) is 26.3 Å².